The minimum atomic E-state index is -0.228. The van der Waals surface area contributed by atoms with Crippen molar-refractivity contribution in [1.29, 1.82) is 5.26 Å². The lowest BCUT2D eigenvalue weighted by atomic mass is 10.1. The van der Waals surface area contributed by atoms with Gasteiger partial charge in [-0.25, -0.2) is 4.98 Å². The Balaban J connectivity index is 2.03. The number of benzene rings is 1. The van der Waals surface area contributed by atoms with Crippen LogP contribution in [-0.2, 0) is 9.59 Å². The van der Waals surface area contributed by atoms with Gasteiger partial charge in [-0.15, -0.1) is 0 Å². The van der Waals surface area contributed by atoms with Gasteiger partial charge in [0.1, 0.15) is 11.1 Å². The van der Waals surface area contributed by atoms with Crippen LogP contribution >= 0.6 is 11.8 Å². The number of nitrogens with one attached hydrogen (secondary N) is 1. The number of aromatic nitrogens is 1. The van der Waals surface area contributed by atoms with Gasteiger partial charge in [-0.2, -0.15) is 5.26 Å². The first-order chi connectivity index (χ1) is 13.8. The fourth-order valence-electron chi connectivity index (χ4n) is 2.90. The van der Waals surface area contributed by atoms with E-state index in [1.54, 1.807) is 4.90 Å². The zero-order chi connectivity index (χ0) is 21.4. The lowest BCUT2D eigenvalue weighted by Gasteiger charge is -2.22. The van der Waals surface area contributed by atoms with Crippen LogP contribution in [0.2, 0.25) is 0 Å². The Bertz CT molecular complexity index is 937. The maximum absolute atomic E-state index is 12.7. The molecule has 0 saturated heterocycles. The molecule has 2 amide bonds. The van der Waals surface area contributed by atoms with Gasteiger partial charge in [-0.1, -0.05) is 36.9 Å². The fourth-order valence-corrected chi connectivity index (χ4v) is 3.90. The monoisotopic (exact) mass is 410 g/mol. The molecule has 0 atom stereocenters. The summed E-state index contributed by atoms with van der Waals surface area (Å²) in [7, 11) is 0. The summed E-state index contributed by atoms with van der Waals surface area (Å²) >= 11 is 1.24. The van der Waals surface area contributed by atoms with Crippen LogP contribution < -0.4 is 5.32 Å². The number of aryl methyl sites for hydroxylation is 3. The molecule has 0 saturated carbocycles. The molecule has 1 N–H and O–H groups in total. The topological polar surface area (TPSA) is 86.1 Å². The third-order valence-electron chi connectivity index (χ3n) is 4.36. The molecule has 0 spiro atoms. The number of para-hydroxylation sites is 1. The van der Waals surface area contributed by atoms with Gasteiger partial charge < -0.3 is 10.2 Å². The van der Waals surface area contributed by atoms with Crippen LogP contribution in [0.1, 0.15) is 35.7 Å². The molecule has 0 bridgehead atoms. The molecule has 152 valence electrons. The molecule has 0 aliphatic heterocycles. The Kier molecular flexibility index (Phi) is 8.22. The maximum atomic E-state index is 12.7. The second-order valence-electron chi connectivity index (χ2n) is 6.84. The van der Waals surface area contributed by atoms with Crippen molar-refractivity contribution in [1.82, 2.24) is 9.88 Å². The summed E-state index contributed by atoms with van der Waals surface area (Å²) in [5, 5.41) is 12.8. The van der Waals surface area contributed by atoms with Crippen molar-refractivity contribution in [3.05, 3.63) is 52.7 Å². The molecule has 0 unspecified atom stereocenters. The molecule has 2 rings (SSSR count). The summed E-state index contributed by atoms with van der Waals surface area (Å²) in [5.41, 5.74) is 3.86. The van der Waals surface area contributed by atoms with E-state index in [9.17, 15) is 14.9 Å². The summed E-state index contributed by atoms with van der Waals surface area (Å²) < 4.78 is 0. The Morgan fingerprint density at radius 3 is 2.59 bits per heavy atom. The van der Waals surface area contributed by atoms with Crippen LogP contribution in [0.15, 0.2) is 35.4 Å². The number of pyridine rings is 1. The zero-order valence-electron chi connectivity index (χ0n) is 17.3. The van der Waals surface area contributed by atoms with Crippen molar-refractivity contribution in [3.63, 3.8) is 0 Å². The highest BCUT2D eigenvalue weighted by atomic mass is 32.2. The number of hydrogen-bond acceptors (Lipinski definition) is 5. The Morgan fingerprint density at radius 1 is 1.21 bits per heavy atom. The van der Waals surface area contributed by atoms with Gasteiger partial charge in [0.05, 0.1) is 17.9 Å². The van der Waals surface area contributed by atoms with E-state index in [1.807, 2.05) is 58.0 Å². The molecular formula is C22H26N4O2S. The van der Waals surface area contributed by atoms with Crippen molar-refractivity contribution in [2.75, 3.05) is 24.2 Å². The molecular weight excluding hydrogens is 384 g/mol. The number of nitrogens with zero attached hydrogens (tertiary/aromatic N) is 3. The molecule has 7 heteroatoms. The van der Waals surface area contributed by atoms with Gasteiger partial charge in [0, 0.05) is 17.9 Å². The van der Waals surface area contributed by atoms with Crippen molar-refractivity contribution < 1.29 is 9.59 Å². The van der Waals surface area contributed by atoms with Gasteiger partial charge in [-0.05, 0) is 50.5 Å². The normalized spacial score (nSPS) is 10.3. The molecule has 6 nitrogen and oxygen atoms in total. The SMILES string of the molecule is CCCN(CC(=O)Nc1ccccc1C)C(=O)CSc1nc(C)cc(C)c1C#N. The zero-order valence-corrected chi connectivity index (χ0v) is 18.1. The van der Waals surface area contributed by atoms with E-state index in [0.717, 1.165) is 28.9 Å². The number of thioether (sulfide) groups is 1. The number of carbonyl (C=O) groups excluding carboxylic acids is 2. The number of carbonyl (C=O) groups is 2. The van der Waals surface area contributed by atoms with Crippen LogP contribution in [0.25, 0.3) is 0 Å². The predicted molar refractivity (Wildman–Crippen MR) is 116 cm³/mol. The van der Waals surface area contributed by atoms with E-state index in [-0.39, 0.29) is 24.1 Å². The molecule has 1 heterocycles. The maximum Gasteiger partial charge on any atom is 0.244 e. The van der Waals surface area contributed by atoms with E-state index in [4.69, 9.17) is 0 Å². The average Bonchev–Trinajstić information content (AvgIpc) is 2.67. The smallest absolute Gasteiger partial charge is 0.244 e. The van der Waals surface area contributed by atoms with Crippen LogP contribution in [0.3, 0.4) is 0 Å². The lowest BCUT2D eigenvalue weighted by Crippen LogP contribution is -2.39. The van der Waals surface area contributed by atoms with Crippen LogP contribution in [0.5, 0.6) is 0 Å². The quantitative estimate of drug-likeness (QED) is 0.668. The predicted octanol–water partition coefficient (Wildman–Crippen LogP) is 3.85. The van der Waals surface area contributed by atoms with Crippen molar-refractivity contribution in [2.24, 2.45) is 0 Å². The van der Waals surface area contributed by atoms with Gasteiger partial charge in [0.25, 0.3) is 0 Å². The van der Waals surface area contributed by atoms with Gasteiger partial charge >= 0.3 is 0 Å². The molecule has 2 aromatic rings. The van der Waals surface area contributed by atoms with E-state index in [1.165, 1.54) is 11.8 Å². The number of rotatable bonds is 8. The Hall–Kier alpha value is -2.85. The van der Waals surface area contributed by atoms with Gasteiger partial charge in [0.2, 0.25) is 11.8 Å². The Morgan fingerprint density at radius 2 is 1.93 bits per heavy atom. The summed E-state index contributed by atoms with van der Waals surface area (Å²) in [4.78, 5) is 31.1. The largest absolute Gasteiger partial charge is 0.333 e. The highest BCUT2D eigenvalue weighted by Crippen LogP contribution is 2.24. The first-order valence-electron chi connectivity index (χ1n) is 9.50. The van der Waals surface area contributed by atoms with Gasteiger partial charge in [0.15, 0.2) is 0 Å². The number of amides is 2. The average molecular weight is 411 g/mol. The molecule has 0 aliphatic carbocycles. The number of nitriles is 1. The van der Waals surface area contributed by atoms with E-state index >= 15 is 0 Å². The minimum Gasteiger partial charge on any atom is -0.333 e. The third-order valence-corrected chi connectivity index (χ3v) is 5.32. The standard InChI is InChI=1S/C22H26N4O2S/c1-5-10-26(13-20(27)25-19-9-7-6-8-15(19)2)21(28)14-29-22-18(12-23)16(3)11-17(4)24-22/h6-9,11H,5,10,13-14H2,1-4H3,(H,25,27). The highest BCUT2D eigenvalue weighted by Gasteiger charge is 2.19. The number of anilines is 1. The molecule has 0 aliphatic rings. The number of hydrogen-bond donors (Lipinski definition) is 1. The Labute approximate surface area is 176 Å². The van der Waals surface area contributed by atoms with Crippen LogP contribution in [-0.4, -0.2) is 40.5 Å². The molecule has 0 fully saturated rings. The second kappa shape index (κ2) is 10.6. The van der Waals surface area contributed by atoms with Crippen LogP contribution in [0, 0.1) is 32.1 Å². The highest BCUT2D eigenvalue weighted by molar-refractivity contribution is 8.00. The van der Waals surface area contributed by atoms with Crippen molar-refractivity contribution >= 4 is 29.3 Å². The lowest BCUT2D eigenvalue weighted by molar-refractivity contribution is -0.132. The van der Waals surface area contributed by atoms with E-state index in [2.05, 4.69) is 16.4 Å². The minimum absolute atomic E-state index is 0.00700. The van der Waals surface area contributed by atoms with Crippen molar-refractivity contribution in [3.8, 4) is 6.07 Å². The van der Waals surface area contributed by atoms with E-state index < -0.39 is 0 Å². The summed E-state index contributed by atoms with van der Waals surface area (Å²) in [5.74, 6) is -0.252. The summed E-state index contributed by atoms with van der Waals surface area (Å²) in [6, 6.07) is 11.5. The first kappa shape index (κ1) is 22.4. The molecule has 0 radical (unpaired) electrons. The fraction of sp³-hybridized carbons (Fsp3) is 0.364. The van der Waals surface area contributed by atoms with Crippen molar-refractivity contribution in [2.45, 2.75) is 39.1 Å². The molecule has 1 aromatic carbocycles. The third kappa shape index (κ3) is 6.33. The summed E-state index contributed by atoms with van der Waals surface area (Å²) in [6.45, 7) is 8.09. The molecule has 29 heavy (non-hydrogen) atoms. The summed E-state index contributed by atoms with van der Waals surface area (Å²) in [6.07, 6.45) is 0.749. The first-order valence-corrected chi connectivity index (χ1v) is 10.5. The van der Waals surface area contributed by atoms with E-state index in [0.29, 0.717) is 17.1 Å². The molecule has 1 aromatic heterocycles. The van der Waals surface area contributed by atoms with Crippen LogP contribution in [0.4, 0.5) is 5.69 Å². The van der Waals surface area contributed by atoms with Gasteiger partial charge in [-0.3, -0.25) is 9.59 Å². The second-order valence-corrected chi connectivity index (χ2v) is 7.80.